The maximum atomic E-state index is 13.2. The molecule has 0 fully saturated rings. The number of aromatic nitrogens is 2. The molecule has 0 atom stereocenters. The lowest BCUT2D eigenvalue weighted by Crippen LogP contribution is -2.23. The van der Waals surface area contributed by atoms with Crippen molar-refractivity contribution in [3.63, 3.8) is 0 Å². The number of carbonyl (C=O) groups is 1. The summed E-state index contributed by atoms with van der Waals surface area (Å²) in [5.74, 6) is 1.91. The Labute approximate surface area is 193 Å². The number of fused-ring (bicyclic) bond motifs is 1. The number of para-hydroxylation sites is 1. The first kappa shape index (κ1) is 22.1. The quantitative estimate of drug-likeness (QED) is 0.460. The number of ether oxygens (including phenoxy) is 2. The zero-order valence-electron chi connectivity index (χ0n) is 19.1. The predicted octanol–water partition coefficient (Wildman–Crippen LogP) is 4.31. The predicted molar refractivity (Wildman–Crippen MR) is 130 cm³/mol. The van der Waals surface area contributed by atoms with Gasteiger partial charge >= 0.3 is 0 Å². The third-order valence-electron chi connectivity index (χ3n) is 5.36. The number of methoxy groups -OCH3 is 2. The van der Waals surface area contributed by atoms with Crippen molar-refractivity contribution >= 4 is 22.6 Å². The van der Waals surface area contributed by atoms with Crippen LogP contribution in [0, 0.1) is 0 Å². The fraction of sp³-hybridized carbons (Fsp3) is 0.192. The van der Waals surface area contributed by atoms with Crippen LogP contribution in [0.2, 0.25) is 0 Å². The molecule has 4 aromatic rings. The maximum Gasteiger partial charge on any atom is 0.252 e. The van der Waals surface area contributed by atoms with E-state index in [0.29, 0.717) is 29.3 Å². The van der Waals surface area contributed by atoms with Crippen LogP contribution in [0.5, 0.6) is 11.5 Å². The Bertz CT molecular complexity index is 1300. The van der Waals surface area contributed by atoms with Crippen LogP contribution >= 0.6 is 0 Å². The molecule has 7 heteroatoms. The molecule has 0 bridgehead atoms. The molecule has 0 saturated heterocycles. The summed E-state index contributed by atoms with van der Waals surface area (Å²) >= 11 is 0. The van der Waals surface area contributed by atoms with Gasteiger partial charge in [-0.25, -0.2) is 9.97 Å². The molecule has 2 aromatic heterocycles. The Balaban J connectivity index is 1.68. The minimum absolute atomic E-state index is 0.168. The van der Waals surface area contributed by atoms with Crippen LogP contribution in [0.4, 0.5) is 5.82 Å². The van der Waals surface area contributed by atoms with Gasteiger partial charge in [0.2, 0.25) is 0 Å². The smallest absolute Gasteiger partial charge is 0.252 e. The van der Waals surface area contributed by atoms with Crippen molar-refractivity contribution in [1.82, 2.24) is 15.3 Å². The maximum absolute atomic E-state index is 13.2. The first-order valence-electron chi connectivity index (χ1n) is 10.5. The van der Waals surface area contributed by atoms with E-state index in [1.807, 2.05) is 79.7 Å². The van der Waals surface area contributed by atoms with E-state index in [2.05, 4.69) is 10.3 Å². The number of anilines is 1. The Morgan fingerprint density at radius 2 is 1.76 bits per heavy atom. The summed E-state index contributed by atoms with van der Waals surface area (Å²) in [6.07, 6.45) is 1.74. The molecule has 4 rings (SSSR count). The lowest BCUT2D eigenvalue weighted by atomic mass is 10.0. The van der Waals surface area contributed by atoms with Crippen LogP contribution in [0.25, 0.3) is 22.2 Å². The van der Waals surface area contributed by atoms with E-state index in [1.54, 1.807) is 20.4 Å². The SMILES string of the molecule is COc1ccc(-c2cc(C(=O)NCc3ccnc(N(C)C)c3)c3ccccc3n2)cc1OC. The minimum Gasteiger partial charge on any atom is -0.493 e. The molecule has 1 N–H and O–H groups in total. The highest BCUT2D eigenvalue weighted by atomic mass is 16.5. The number of hydrogen-bond donors (Lipinski definition) is 1. The van der Waals surface area contributed by atoms with Crippen molar-refractivity contribution in [2.75, 3.05) is 33.2 Å². The fourth-order valence-electron chi connectivity index (χ4n) is 3.60. The van der Waals surface area contributed by atoms with Gasteiger partial charge in [-0.15, -0.1) is 0 Å². The van der Waals surface area contributed by atoms with E-state index < -0.39 is 0 Å². The number of amides is 1. The largest absolute Gasteiger partial charge is 0.493 e. The molecule has 33 heavy (non-hydrogen) atoms. The van der Waals surface area contributed by atoms with Crippen LogP contribution in [0.15, 0.2) is 66.9 Å². The zero-order valence-corrected chi connectivity index (χ0v) is 19.1. The van der Waals surface area contributed by atoms with Crippen LogP contribution in [-0.4, -0.2) is 44.2 Å². The van der Waals surface area contributed by atoms with Crippen LogP contribution < -0.4 is 19.7 Å². The van der Waals surface area contributed by atoms with Crippen LogP contribution in [0.3, 0.4) is 0 Å². The minimum atomic E-state index is -0.168. The second-order valence-corrected chi connectivity index (χ2v) is 7.74. The monoisotopic (exact) mass is 442 g/mol. The zero-order chi connectivity index (χ0) is 23.4. The van der Waals surface area contributed by atoms with Crippen molar-refractivity contribution in [3.8, 4) is 22.8 Å². The number of nitrogens with one attached hydrogen (secondary N) is 1. The molecule has 0 saturated carbocycles. The first-order chi connectivity index (χ1) is 16.0. The van der Waals surface area contributed by atoms with Crippen molar-refractivity contribution in [3.05, 3.63) is 78.0 Å². The molecule has 0 spiro atoms. The molecule has 7 nitrogen and oxygen atoms in total. The molecule has 0 radical (unpaired) electrons. The van der Waals surface area contributed by atoms with Gasteiger partial charge in [0.15, 0.2) is 11.5 Å². The number of benzene rings is 2. The average Bonchev–Trinajstić information content (AvgIpc) is 2.86. The second kappa shape index (κ2) is 9.56. The van der Waals surface area contributed by atoms with E-state index in [4.69, 9.17) is 14.5 Å². The molecule has 0 unspecified atom stereocenters. The Kier molecular flexibility index (Phi) is 6.40. The van der Waals surface area contributed by atoms with Gasteiger partial charge in [0.05, 0.1) is 31.0 Å². The molecule has 0 aliphatic carbocycles. The summed E-state index contributed by atoms with van der Waals surface area (Å²) in [4.78, 5) is 24.3. The van der Waals surface area contributed by atoms with Crippen LogP contribution in [-0.2, 0) is 6.54 Å². The summed E-state index contributed by atoms with van der Waals surface area (Å²) in [5, 5.41) is 3.83. The van der Waals surface area contributed by atoms with Gasteiger partial charge in [-0.1, -0.05) is 18.2 Å². The highest BCUT2D eigenvalue weighted by molar-refractivity contribution is 6.07. The number of rotatable bonds is 7. The highest BCUT2D eigenvalue weighted by Crippen LogP contribution is 2.33. The van der Waals surface area contributed by atoms with Crippen LogP contribution in [0.1, 0.15) is 15.9 Å². The molecule has 1 amide bonds. The second-order valence-electron chi connectivity index (χ2n) is 7.74. The average molecular weight is 443 g/mol. The van der Waals surface area contributed by atoms with Gasteiger partial charge in [0, 0.05) is 37.8 Å². The summed E-state index contributed by atoms with van der Waals surface area (Å²) in [5.41, 5.74) is 3.79. The Hall–Kier alpha value is -4.13. The van der Waals surface area contributed by atoms with Gasteiger partial charge in [0.25, 0.3) is 5.91 Å². The molecule has 168 valence electrons. The van der Waals surface area contributed by atoms with E-state index in [1.165, 1.54) is 0 Å². The van der Waals surface area contributed by atoms with E-state index in [0.717, 1.165) is 27.8 Å². The summed E-state index contributed by atoms with van der Waals surface area (Å²) in [7, 11) is 7.06. The van der Waals surface area contributed by atoms with E-state index in [9.17, 15) is 4.79 Å². The molecule has 0 aliphatic rings. The summed E-state index contributed by atoms with van der Waals surface area (Å²) in [6.45, 7) is 0.393. The third-order valence-corrected chi connectivity index (χ3v) is 5.36. The number of hydrogen-bond acceptors (Lipinski definition) is 6. The van der Waals surface area contributed by atoms with Crippen molar-refractivity contribution < 1.29 is 14.3 Å². The summed E-state index contributed by atoms with van der Waals surface area (Å²) in [6, 6.07) is 18.9. The number of pyridine rings is 2. The summed E-state index contributed by atoms with van der Waals surface area (Å²) < 4.78 is 10.8. The standard InChI is InChI=1S/C26H26N4O3/c1-30(2)25-13-17(11-12-27-25)16-28-26(31)20-15-22(29-21-8-6-5-7-19(20)21)18-9-10-23(32-3)24(14-18)33-4/h5-15H,16H2,1-4H3,(H,28,31). The third kappa shape index (κ3) is 4.72. The molecular weight excluding hydrogens is 416 g/mol. The molecule has 2 heterocycles. The number of carbonyl (C=O) groups excluding carboxylic acids is 1. The van der Waals surface area contributed by atoms with Crippen molar-refractivity contribution in [1.29, 1.82) is 0 Å². The molecule has 2 aromatic carbocycles. The lowest BCUT2D eigenvalue weighted by Gasteiger charge is -2.14. The van der Waals surface area contributed by atoms with Crippen molar-refractivity contribution in [2.24, 2.45) is 0 Å². The normalized spacial score (nSPS) is 10.7. The Morgan fingerprint density at radius 3 is 2.52 bits per heavy atom. The van der Waals surface area contributed by atoms with Gasteiger partial charge in [-0.2, -0.15) is 0 Å². The first-order valence-corrected chi connectivity index (χ1v) is 10.5. The van der Waals surface area contributed by atoms with Gasteiger partial charge in [0.1, 0.15) is 5.82 Å². The van der Waals surface area contributed by atoms with E-state index >= 15 is 0 Å². The van der Waals surface area contributed by atoms with Crippen molar-refractivity contribution in [2.45, 2.75) is 6.54 Å². The van der Waals surface area contributed by atoms with Gasteiger partial charge in [-0.05, 0) is 48.0 Å². The molecular formula is C26H26N4O3. The Morgan fingerprint density at radius 1 is 0.970 bits per heavy atom. The van der Waals surface area contributed by atoms with E-state index in [-0.39, 0.29) is 5.91 Å². The van der Waals surface area contributed by atoms with Gasteiger partial charge < -0.3 is 19.7 Å². The highest BCUT2D eigenvalue weighted by Gasteiger charge is 2.15. The lowest BCUT2D eigenvalue weighted by molar-refractivity contribution is 0.0952. The fourth-order valence-corrected chi connectivity index (χ4v) is 3.60. The molecule has 0 aliphatic heterocycles. The number of nitrogens with zero attached hydrogens (tertiary/aromatic N) is 3. The van der Waals surface area contributed by atoms with Gasteiger partial charge in [-0.3, -0.25) is 4.79 Å². The topological polar surface area (TPSA) is 76.6 Å².